The van der Waals surface area contributed by atoms with Gasteiger partial charge in [0, 0.05) is 0 Å². The van der Waals surface area contributed by atoms with Crippen molar-refractivity contribution in [1.29, 1.82) is 0 Å². The summed E-state index contributed by atoms with van der Waals surface area (Å²) in [5.74, 6) is 0. The van der Waals surface area contributed by atoms with Gasteiger partial charge >= 0.3 is 0 Å². The molecule has 0 saturated heterocycles. The van der Waals surface area contributed by atoms with Crippen molar-refractivity contribution in [3.63, 3.8) is 0 Å². The van der Waals surface area contributed by atoms with Crippen molar-refractivity contribution in [3.8, 4) is 0 Å². The SMILES string of the molecule is C.C.C1CCCCC1.CCC.CCC. The fourth-order valence-corrected chi connectivity index (χ4v) is 1.06. The van der Waals surface area contributed by atoms with Crippen molar-refractivity contribution in [3.05, 3.63) is 0 Å². The number of hydrogen-bond acceptors (Lipinski definition) is 0. The summed E-state index contributed by atoms with van der Waals surface area (Å²) in [5, 5.41) is 0. The first-order valence-electron chi connectivity index (χ1n) is 5.83. The summed E-state index contributed by atoms with van der Waals surface area (Å²) >= 11 is 0. The molecule has 0 unspecified atom stereocenters. The summed E-state index contributed by atoms with van der Waals surface area (Å²) in [7, 11) is 0. The van der Waals surface area contributed by atoms with Crippen molar-refractivity contribution < 1.29 is 0 Å². The second-order valence-corrected chi connectivity index (χ2v) is 3.54. The van der Waals surface area contributed by atoms with Crippen molar-refractivity contribution >= 4 is 0 Å². The molecule has 1 fully saturated rings. The topological polar surface area (TPSA) is 0 Å². The average Bonchev–Trinajstić information content (AvgIpc) is 2.10. The highest BCUT2D eigenvalue weighted by Gasteiger charge is 1.95. The van der Waals surface area contributed by atoms with Crippen LogP contribution < -0.4 is 0 Å². The molecule has 0 radical (unpaired) electrons. The standard InChI is InChI=1S/C6H12.2C3H8.2CH4/c1-2-4-6-5-3-1;2*1-3-2;;/h1-6H2;2*3H2,1-2H3;2*1H4. The van der Waals surface area contributed by atoms with Gasteiger partial charge in [-0.05, 0) is 0 Å². The van der Waals surface area contributed by atoms with Gasteiger partial charge in [0.2, 0.25) is 0 Å². The number of rotatable bonds is 0. The van der Waals surface area contributed by atoms with Gasteiger partial charge in [-0.1, -0.05) is 93.9 Å². The Morgan fingerprint density at radius 1 is 0.500 bits per heavy atom. The molecule has 1 aliphatic carbocycles. The van der Waals surface area contributed by atoms with Gasteiger partial charge < -0.3 is 0 Å². The van der Waals surface area contributed by atoms with E-state index in [0.717, 1.165) is 0 Å². The highest BCUT2D eigenvalue weighted by Crippen LogP contribution is 2.15. The molecule has 0 nitrogen and oxygen atoms in total. The molecule has 0 atom stereocenters. The van der Waals surface area contributed by atoms with Gasteiger partial charge in [-0.3, -0.25) is 0 Å². The molecular weight excluding hydrogens is 168 g/mol. The van der Waals surface area contributed by atoms with E-state index < -0.39 is 0 Å². The Kier molecular flexibility index (Phi) is 49.4. The monoisotopic (exact) mass is 204 g/mol. The summed E-state index contributed by atoms with van der Waals surface area (Å²) in [6.07, 6.45) is 11.5. The highest BCUT2D eigenvalue weighted by molar-refractivity contribution is 4.51. The molecule has 92 valence electrons. The van der Waals surface area contributed by atoms with E-state index in [1.54, 1.807) is 0 Å². The van der Waals surface area contributed by atoms with E-state index in [4.69, 9.17) is 0 Å². The van der Waals surface area contributed by atoms with Crippen LogP contribution in [-0.4, -0.2) is 0 Å². The molecule has 14 heavy (non-hydrogen) atoms. The van der Waals surface area contributed by atoms with Gasteiger partial charge in [-0.2, -0.15) is 0 Å². The molecule has 0 N–H and O–H groups in total. The van der Waals surface area contributed by atoms with Crippen LogP contribution >= 0.6 is 0 Å². The largest absolute Gasteiger partial charge is 0.0776 e. The maximum Gasteiger partial charge on any atom is -0.0533 e. The van der Waals surface area contributed by atoms with Crippen LogP contribution in [0.1, 0.15) is 93.9 Å². The van der Waals surface area contributed by atoms with E-state index in [0.29, 0.717) is 0 Å². The van der Waals surface area contributed by atoms with Crippen molar-refractivity contribution in [2.75, 3.05) is 0 Å². The van der Waals surface area contributed by atoms with Gasteiger partial charge in [0.1, 0.15) is 0 Å². The van der Waals surface area contributed by atoms with Crippen LogP contribution in [0.2, 0.25) is 0 Å². The fraction of sp³-hybridized carbons (Fsp3) is 1.00. The smallest absolute Gasteiger partial charge is 0.0533 e. The second-order valence-electron chi connectivity index (χ2n) is 3.54. The molecule has 0 heterocycles. The lowest BCUT2D eigenvalue weighted by Crippen LogP contribution is -1.85. The molecule has 0 aromatic heterocycles. The molecule has 0 spiro atoms. The molecule has 0 aromatic carbocycles. The molecule has 0 heteroatoms. The normalized spacial score (nSPS) is 12.9. The number of hydrogen-bond donors (Lipinski definition) is 0. The van der Waals surface area contributed by atoms with Gasteiger partial charge in [0.05, 0.1) is 0 Å². The Morgan fingerprint density at radius 2 is 0.571 bits per heavy atom. The van der Waals surface area contributed by atoms with Crippen LogP contribution in [0.3, 0.4) is 0 Å². The fourth-order valence-electron chi connectivity index (χ4n) is 1.06. The Morgan fingerprint density at radius 3 is 0.643 bits per heavy atom. The third-order valence-corrected chi connectivity index (χ3v) is 1.50. The van der Waals surface area contributed by atoms with E-state index >= 15 is 0 Å². The lowest BCUT2D eigenvalue weighted by atomic mass is 10.0. The zero-order valence-corrected chi connectivity index (χ0v) is 9.66. The second kappa shape index (κ2) is 29.2. The molecule has 0 aliphatic heterocycles. The van der Waals surface area contributed by atoms with Crippen LogP contribution in [0, 0.1) is 0 Å². The van der Waals surface area contributed by atoms with E-state index in [1.165, 1.54) is 51.4 Å². The molecule has 0 amide bonds. The first-order chi connectivity index (χ1) is 5.83. The summed E-state index contributed by atoms with van der Waals surface area (Å²) in [6.45, 7) is 8.50. The lowest BCUT2D eigenvalue weighted by Gasteiger charge is -2.05. The van der Waals surface area contributed by atoms with Crippen LogP contribution in [0.4, 0.5) is 0 Å². The van der Waals surface area contributed by atoms with Crippen molar-refractivity contribution in [1.82, 2.24) is 0 Å². The zero-order valence-electron chi connectivity index (χ0n) is 9.66. The van der Waals surface area contributed by atoms with Gasteiger partial charge in [-0.25, -0.2) is 0 Å². The average molecular weight is 204 g/mol. The zero-order chi connectivity index (χ0) is 9.66. The predicted octanol–water partition coefficient (Wildman–Crippen LogP) is 6.45. The minimum atomic E-state index is 0. The van der Waals surface area contributed by atoms with Crippen LogP contribution in [0.5, 0.6) is 0 Å². The van der Waals surface area contributed by atoms with E-state index in [-0.39, 0.29) is 14.9 Å². The van der Waals surface area contributed by atoms with Gasteiger partial charge in [0.25, 0.3) is 0 Å². The highest BCUT2D eigenvalue weighted by atomic mass is 14.0. The van der Waals surface area contributed by atoms with E-state index in [2.05, 4.69) is 27.7 Å². The summed E-state index contributed by atoms with van der Waals surface area (Å²) in [5.41, 5.74) is 0. The first-order valence-corrected chi connectivity index (χ1v) is 5.83. The maximum absolute atomic E-state index is 2.12. The minimum Gasteiger partial charge on any atom is -0.0776 e. The van der Waals surface area contributed by atoms with Crippen LogP contribution in [0.15, 0.2) is 0 Å². The summed E-state index contributed by atoms with van der Waals surface area (Å²) < 4.78 is 0. The van der Waals surface area contributed by atoms with Crippen molar-refractivity contribution in [2.45, 2.75) is 93.9 Å². The molecule has 1 aliphatic rings. The Bertz CT molecular complexity index is 30.5. The molecule has 1 rings (SSSR count). The molecule has 0 bridgehead atoms. The molecule has 0 aromatic rings. The van der Waals surface area contributed by atoms with Crippen LogP contribution in [-0.2, 0) is 0 Å². The summed E-state index contributed by atoms with van der Waals surface area (Å²) in [4.78, 5) is 0. The Labute approximate surface area is 94.5 Å². The Balaban J connectivity index is -0.0000000557. The molecular formula is C14H36. The van der Waals surface area contributed by atoms with Gasteiger partial charge in [-0.15, -0.1) is 0 Å². The maximum atomic E-state index is 2.12. The van der Waals surface area contributed by atoms with E-state index in [9.17, 15) is 0 Å². The Hall–Kier alpha value is 0. The quantitative estimate of drug-likeness (QED) is 0.425. The van der Waals surface area contributed by atoms with Gasteiger partial charge in [0.15, 0.2) is 0 Å². The van der Waals surface area contributed by atoms with Crippen molar-refractivity contribution in [2.24, 2.45) is 0 Å². The molecule has 1 saturated carbocycles. The third-order valence-electron chi connectivity index (χ3n) is 1.50. The third kappa shape index (κ3) is 40.3. The lowest BCUT2D eigenvalue weighted by molar-refractivity contribution is 0.504. The first kappa shape index (κ1) is 23.7. The summed E-state index contributed by atoms with van der Waals surface area (Å²) in [6, 6.07) is 0. The minimum absolute atomic E-state index is 0. The predicted molar refractivity (Wildman–Crippen MR) is 73.1 cm³/mol. The van der Waals surface area contributed by atoms with Crippen LogP contribution in [0.25, 0.3) is 0 Å². The van der Waals surface area contributed by atoms with E-state index in [1.807, 2.05) is 0 Å².